The Labute approximate surface area is 165 Å². The summed E-state index contributed by atoms with van der Waals surface area (Å²) in [5.41, 5.74) is 1.63. The fraction of sp³-hybridized carbons (Fsp3) is 0.600. The van der Waals surface area contributed by atoms with Crippen LogP contribution in [0.25, 0.3) is 0 Å². The molecule has 1 aliphatic heterocycles. The van der Waals surface area contributed by atoms with Crippen molar-refractivity contribution in [3.63, 3.8) is 0 Å². The van der Waals surface area contributed by atoms with Crippen molar-refractivity contribution in [2.45, 2.75) is 51.8 Å². The number of likely N-dealkylation sites (tertiary alicyclic amines) is 1. The van der Waals surface area contributed by atoms with Gasteiger partial charge in [0.05, 0.1) is 30.1 Å². The number of fused-ring (bicyclic) bond motifs is 1. The van der Waals surface area contributed by atoms with Crippen LogP contribution in [0.3, 0.4) is 0 Å². The third kappa shape index (κ3) is 3.61. The average Bonchev–Trinajstić information content (AvgIpc) is 3.26. The zero-order chi connectivity index (χ0) is 19.7. The maximum atomic E-state index is 13.1. The van der Waals surface area contributed by atoms with Gasteiger partial charge in [0.15, 0.2) is 0 Å². The first-order valence-electron chi connectivity index (χ1n) is 10.1. The lowest BCUT2D eigenvalue weighted by Gasteiger charge is -2.35. The average molecular weight is 384 g/mol. The van der Waals surface area contributed by atoms with Crippen LogP contribution >= 0.6 is 0 Å². The molecule has 4 rings (SSSR count). The molecular weight excluding hydrogens is 356 g/mol. The first-order valence-corrected chi connectivity index (χ1v) is 10.1. The molecule has 150 valence electrons. The summed E-state index contributed by atoms with van der Waals surface area (Å²) in [6.07, 6.45) is 8.68. The zero-order valence-electron chi connectivity index (χ0n) is 16.5. The van der Waals surface area contributed by atoms with E-state index in [1.54, 1.807) is 24.8 Å². The van der Waals surface area contributed by atoms with E-state index >= 15 is 0 Å². The summed E-state index contributed by atoms with van der Waals surface area (Å²) in [5.74, 6) is 1.45. The number of aromatic nitrogens is 4. The van der Waals surface area contributed by atoms with E-state index in [9.17, 15) is 9.90 Å². The summed E-state index contributed by atoms with van der Waals surface area (Å²) >= 11 is 0. The molecule has 28 heavy (non-hydrogen) atoms. The van der Waals surface area contributed by atoms with Gasteiger partial charge in [-0.25, -0.2) is 4.98 Å². The first-order chi connectivity index (χ1) is 13.6. The zero-order valence-corrected chi connectivity index (χ0v) is 16.5. The Balaban J connectivity index is 1.42. The lowest BCUT2D eigenvalue weighted by atomic mass is 9.77. The Bertz CT molecular complexity index is 823. The molecule has 4 atom stereocenters. The van der Waals surface area contributed by atoms with E-state index in [4.69, 9.17) is 0 Å². The quantitative estimate of drug-likeness (QED) is 0.815. The number of carbonyl (C=O) groups is 1. The monoisotopic (exact) mass is 384 g/mol. The minimum absolute atomic E-state index is 0.0576. The van der Waals surface area contributed by atoms with Gasteiger partial charge in [-0.05, 0) is 38.0 Å². The number of nitrogens with zero attached hydrogens (tertiary/aromatic N) is 5. The number of aliphatic hydroxyl groups is 1. The van der Waals surface area contributed by atoms with Gasteiger partial charge < -0.3 is 15.3 Å². The Morgan fingerprint density at radius 3 is 2.75 bits per heavy atom. The van der Waals surface area contributed by atoms with Gasteiger partial charge in [-0.3, -0.25) is 14.5 Å². The molecule has 0 aromatic carbocycles. The highest BCUT2D eigenvalue weighted by atomic mass is 16.3. The Hall–Kier alpha value is -2.48. The van der Waals surface area contributed by atoms with Crippen molar-refractivity contribution >= 4 is 11.7 Å². The largest absolute Gasteiger partial charge is 0.391 e. The summed E-state index contributed by atoms with van der Waals surface area (Å²) in [4.78, 5) is 23.3. The first kappa shape index (κ1) is 18.9. The predicted molar refractivity (Wildman–Crippen MR) is 105 cm³/mol. The maximum absolute atomic E-state index is 13.1. The van der Waals surface area contributed by atoms with Crippen molar-refractivity contribution in [2.24, 2.45) is 11.8 Å². The number of anilines is 1. The normalized spacial score (nSPS) is 26.9. The van der Waals surface area contributed by atoms with Gasteiger partial charge in [-0.15, -0.1) is 0 Å². The molecule has 0 unspecified atom stereocenters. The van der Waals surface area contributed by atoms with E-state index in [2.05, 4.69) is 27.3 Å². The van der Waals surface area contributed by atoms with E-state index in [-0.39, 0.29) is 11.9 Å². The molecule has 2 fully saturated rings. The number of hydrogen-bond acceptors (Lipinski definition) is 6. The van der Waals surface area contributed by atoms with E-state index in [1.807, 2.05) is 16.5 Å². The van der Waals surface area contributed by atoms with Gasteiger partial charge >= 0.3 is 0 Å². The molecule has 8 nitrogen and oxygen atoms in total. The van der Waals surface area contributed by atoms with Crippen molar-refractivity contribution in [2.75, 3.05) is 18.4 Å². The molecule has 2 aliphatic rings. The van der Waals surface area contributed by atoms with Crippen LogP contribution in [0.15, 0.2) is 24.8 Å². The van der Waals surface area contributed by atoms with Gasteiger partial charge in [0.25, 0.3) is 5.91 Å². The van der Waals surface area contributed by atoms with Crippen LogP contribution < -0.4 is 5.32 Å². The summed E-state index contributed by atoms with van der Waals surface area (Å²) in [6.45, 7) is 6.32. The topological polar surface area (TPSA) is 96.2 Å². The van der Waals surface area contributed by atoms with Crippen molar-refractivity contribution in [1.82, 2.24) is 24.6 Å². The number of nitrogens with one attached hydrogen (secondary N) is 1. The van der Waals surface area contributed by atoms with Gasteiger partial charge in [-0.1, -0.05) is 6.92 Å². The highest BCUT2D eigenvalue weighted by molar-refractivity contribution is 5.95. The second-order valence-corrected chi connectivity index (χ2v) is 7.98. The van der Waals surface area contributed by atoms with Gasteiger partial charge in [0.2, 0.25) is 0 Å². The van der Waals surface area contributed by atoms with Crippen molar-refractivity contribution in [3.8, 4) is 0 Å². The smallest absolute Gasteiger partial charge is 0.257 e. The summed E-state index contributed by atoms with van der Waals surface area (Å²) < 4.78 is 1.90. The number of rotatable bonds is 5. The van der Waals surface area contributed by atoms with Crippen LogP contribution in [-0.2, 0) is 6.54 Å². The number of aliphatic hydroxyl groups excluding tert-OH is 1. The minimum atomic E-state index is -0.452. The van der Waals surface area contributed by atoms with Gasteiger partial charge in [-0.2, -0.15) is 5.10 Å². The second kappa shape index (κ2) is 7.87. The van der Waals surface area contributed by atoms with Crippen LogP contribution in [0, 0.1) is 18.8 Å². The molecule has 1 saturated carbocycles. The molecule has 0 spiro atoms. The summed E-state index contributed by atoms with van der Waals surface area (Å²) in [5, 5.41) is 18.3. The second-order valence-electron chi connectivity index (χ2n) is 7.98. The fourth-order valence-electron chi connectivity index (χ4n) is 4.58. The molecule has 8 heteroatoms. The van der Waals surface area contributed by atoms with Gasteiger partial charge in [0.1, 0.15) is 5.82 Å². The molecule has 1 saturated heterocycles. The lowest BCUT2D eigenvalue weighted by Crippen LogP contribution is -2.43. The number of aryl methyl sites for hydroxylation is 1. The number of carbonyl (C=O) groups excluding carboxylic acids is 1. The number of hydrogen-bond donors (Lipinski definition) is 2. The van der Waals surface area contributed by atoms with Crippen LogP contribution in [0.1, 0.15) is 42.2 Å². The van der Waals surface area contributed by atoms with E-state index < -0.39 is 6.10 Å². The molecule has 0 radical (unpaired) electrons. The van der Waals surface area contributed by atoms with Crippen LogP contribution in [0.4, 0.5) is 5.82 Å². The molecule has 1 aliphatic carbocycles. The Morgan fingerprint density at radius 2 is 2.04 bits per heavy atom. The predicted octanol–water partition coefficient (Wildman–Crippen LogP) is 1.72. The molecule has 3 heterocycles. The van der Waals surface area contributed by atoms with E-state index in [0.717, 1.165) is 31.6 Å². The van der Waals surface area contributed by atoms with Crippen LogP contribution in [0.2, 0.25) is 0 Å². The van der Waals surface area contributed by atoms with Crippen molar-refractivity contribution in [1.29, 1.82) is 0 Å². The van der Waals surface area contributed by atoms with Crippen molar-refractivity contribution in [3.05, 3.63) is 36.0 Å². The summed E-state index contributed by atoms with van der Waals surface area (Å²) in [7, 11) is 0. The third-order valence-electron chi connectivity index (χ3n) is 6.09. The minimum Gasteiger partial charge on any atom is -0.391 e. The van der Waals surface area contributed by atoms with Crippen molar-refractivity contribution < 1.29 is 9.90 Å². The van der Waals surface area contributed by atoms with Crippen LogP contribution in [-0.4, -0.2) is 60.9 Å². The third-order valence-corrected chi connectivity index (χ3v) is 6.09. The molecule has 0 bridgehead atoms. The molecule has 2 aromatic rings. The van der Waals surface area contributed by atoms with E-state index in [0.29, 0.717) is 36.2 Å². The SMILES string of the molecule is CCCn1ncc(C(=O)N2C[C@H]3C[C@@H](Nc4cnccn4)[C@H](O)C[C@H]3C2)c1C. The lowest BCUT2D eigenvalue weighted by molar-refractivity contribution is 0.0727. The highest BCUT2D eigenvalue weighted by Gasteiger charge is 2.43. The Kier molecular flexibility index (Phi) is 5.30. The highest BCUT2D eigenvalue weighted by Crippen LogP contribution is 2.38. The fourth-order valence-corrected chi connectivity index (χ4v) is 4.58. The molecule has 2 N–H and O–H groups in total. The standard InChI is InChI=1S/C20H28N6O2/c1-3-6-26-13(2)16(9-23-26)20(28)25-11-14-7-17(18(27)8-15(14)12-25)24-19-10-21-4-5-22-19/h4-5,9-10,14-15,17-18,27H,3,6-8,11-12H2,1-2H3,(H,22,24)/t14-,15+,17-,18-/m1/s1. The molecular formula is C20H28N6O2. The van der Waals surface area contributed by atoms with Gasteiger partial charge in [0, 0.05) is 37.7 Å². The summed E-state index contributed by atoms with van der Waals surface area (Å²) in [6, 6.07) is -0.0676. The van der Waals surface area contributed by atoms with Crippen LogP contribution in [0.5, 0.6) is 0 Å². The molecule has 1 amide bonds. The van der Waals surface area contributed by atoms with E-state index in [1.165, 1.54) is 0 Å². The maximum Gasteiger partial charge on any atom is 0.257 e. The molecule has 2 aromatic heterocycles. The number of amides is 1. The Morgan fingerprint density at radius 1 is 1.25 bits per heavy atom.